The molecule has 2 nitrogen and oxygen atoms in total. The van der Waals surface area contributed by atoms with Gasteiger partial charge in [0, 0.05) is 0 Å². The highest BCUT2D eigenvalue weighted by atomic mass is 28.3. The molecule has 2 rings (SSSR count). The molecule has 17 heavy (non-hydrogen) atoms. The first-order chi connectivity index (χ1) is 8.11. The van der Waals surface area contributed by atoms with Crippen molar-refractivity contribution in [3.8, 4) is 11.1 Å². The van der Waals surface area contributed by atoms with Crippen molar-refractivity contribution in [2.24, 2.45) is 0 Å². The summed E-state index contributed by atoms with van der Waals surface area (Å²) in [5, 5.41) is 0.700. The van der Waals surface area contributed by atoms with Gasteiger partial charge in [-0.25, -0.2) is 0 Å². The Labute approximate surface area is 103 Å². The highest BCUT2D eigenvalue weighted by Crippen LogP contribution is 2.25. The normalized spacial score (nSPS) is 10.9. The molecule has 0 aliphatic heterocycles. The van der Waals surface area contributed by atoms with E-state index in [9.17, 15) is 9.59 Å². The molecule has 0 saturated carbocycles. The molecule has 0 amide bonds. The maximum absolute atomic E-state index is 9.44. The van der Waals surface area contributed by atoms with E-state index in [0.29, 0.717) is 5.19 Å². The fourth-order valence-corrected chi connectivity index (χ4v) is 2.93. The van der Waals surface area contributed by atoms with Gasteiger partial charge in [-0.2, -0.15) is 0 Å². The third-order valence-corrected chi connectivity index (χ3v) is 4.27. The summed E-state index contributed by atoms with van der Waals surface area (Å²) in [6.45, 7) is 4.01. The van der Waals surface area contributed by atoms with Crippen LogP contribution in [0, 0.1) is 13.8 Å². The third-order valence-electron chi connectivity index (χ3n) is 3.09. The number of hydrogen-bond donors (Lipinski definition) is 2. The predicted molar refractivity (Wildman–Crippen MR) is 72.6 cm³/mol. The molecule has 0 aliphatic rings. The molecule has 0 aliphatic carbocycles. The zero-order chi connectivity index (χ0) is 12.4. The van der Waals surface area contributed by atoms with Crippen LogP contribution in [0.2, 0.25) is 0 Å². The first-order valence-corrected chi connectivity index (χ1v) is 7.24. The zero-order valence-electron chi connectivity index (χ0n) is 10.0. The molecule has 0 bridgehead atoms. The van der Waals surface area contributed by atoms with Gasteiger partial charge >= 0.3 is 9.28 Å². The molecule has 0 atom stereocenters. The van der Waals surface area contributed by atoms with Gasteiger partial charge in [0.2, 0.25) is 0 Å². The van der Waals surface area contributed by atoms with Crippen molar-refractivity contribution in [2.45, 2.75) is 13.8 Å². The highest BCUT2D eigenvalue weighted by molar-refractivity contribution is 6.59. The fourth-order valence-electron chi connectivity index (χ4n) is 2.10. The minimum atomic E-state index is -2.74. The second kappa shape index (κ2) is 4.83. The van der Waals surface area contributed by atoms with E-state index < -0.39 is 9.28 Å². The van der Waals surface area contributed by atoms with E-state index in [1.807, 2.05) is 31.2 Å². The van der Waals surface area contributed by atoms with Crippen LogP contribution in [0.4, 0.5) is 0 Å². The van der Waals surface area contributed by atoms with Gasteiger partial charge in [-0.05, 0) is 41.3 Å². The Morgan fingerprint density at radius 3 is 2.12 bits per heavy atom. The average molecular weight is 244 g/mol. The molecule has 2 aromatic carbocycles. The average Bonchev–Trinajstić information content (AvgIpc) is 2.30. The Kier molecular flexibility index (Phi) is 3.42. The van der Waals surface area contributed by atoms with Crippen LogP contribution in [-0.4, -0.2) is 18.9 Å². The van der Waals surface area contributed by atoms with Gasteiger partial charge in [0.15, 0.2) is 0 Å². The SMILES string of the molecule is Cc1ccccc1-c1cccc([SiH](O)O)c1C. The maximum Gasteiger partial charge on any atom is 0.350 e. The summed E-state index contributed by atoms with van der Waals surface area (Å²) >= 11 is 0. The molecule has 0 spiro atoms. The van der Waals surface area contributed by atoms with E-state index in [-0.39, 0.29) is 0 Å². The molecule has 0 aromatic heterocycles. The Morgan fingerprint density at radius 1 is 0.824 bits per heavy atom. The molecule has 3 heteroatoms. The van der Waals surface area contributed by atoms with E-state index in [0.717, 1.165) is 16.7 Å². The molecular weight excluding hydrogens is 228 g/mol. The van der Waals surface area contributed by atoms with Crippen molar-refractivity contribution in [1.29, 1.82) is 0 Å². The Balaban J connectivity index is 2.61. The van der Waals surface area contributed by atoms with E-state index in [1.54, 1.807) is 6.07 Å². The molecule has 2 N–H and O–H groups in total. The fraction of sp³-hybridized carbons (Fsp3) is 0.143. The lowest BCUT2D eigenvalue weighted by atomic mass is 9.97. The summed E-state index contributed by atoms with van der Waals surface area (Å²) in [7, 11) is -2.74. The summed E-state index contributed by atoms with van der Waals surface area (Å²) in [5.74, 6) is 0. The molecule has 2 aromatic rings. The van der Waals surface area contributed by atoms with Gasteiger partial charge in [-0.15, -0.1) is 0 Å². The van der Waals surface area contributed by atoms with Crippen molar-refractivity contribution in [3.05, 3.63) is 53.6 Å². The Bertz CT molecular complexity index is 535. The maximum atomic E-state index is 9.44. The van der Waals surface area contributed by atoms with Crippen LogP contribution in [0.1, 0.15) is 11.1 Å². The second-order valence-corrected chi connectivity index (χ2v) is 5.58. The second-order valence-electron chi connectivity index (χ2n) is 4.21. The summed E-state index contributed by atoms with van der Waals surface area (Å²) in [4.78, 5) is 18.9. The largest absolute Gasteiger partial charge is 0.410 e. The van der Waals surface area contributed by atoms with Crippen molar-refractivity contribution in [3.63, 3.8) is 0 Å². The van der Waals surface area contributed by atoms with Crippen LogP contribution in [0.3, 0.4) is 0 Å². The monoisotopic (exact) mass is 244 g/mol. The third kappa shape index (κ3) is 2.31. The van der Waals surface area contributed by atoms with Crippen molar-refractivity contribution in [1.82, 2.24) is 0 Å². The van der Waals surface area contributed by atoms with Crippen LogP contribution in [0.5, 0.6) is 0 Å². The van der Waals surface area contributed by atoms with Gasteiger partial charge in [-0.1, -0.05) is 42.5 Å². The van der Waals surface area contributed by atoms with Gasteiger partial charge in [-0.3, -0.25) is 0 Å². The summed E-state index contributed by atoms with van der Waals surface area (Å²) < 4.78 is 0. The number of rotatable bonds is 2. The van der Waals surface area contributed by atoms with Gasteiger partial charge < -0.3 is 9.59 Å². The quantitative estimate of drug-likeness (QED) is 0.784. The number of hydrogen-bond acceptors (Lipinski definition) is 2. The lowest BCUT2D eigenvalue weighted by molar-refractivity contribution is 0.425. The molecule has 0 saturated heterocycles. The summed E-state index contributed by atoms with van der Waals surface area (Å²) in [6.07, 6.45) is 0. The minimum Gasteiger partial charge on any atom is -0.410 e. The molecule has 0 radical (unpaired) electrons. The summed E-state index contributed by atoms with van der Waals surface area (Å²) in [5.41, 5.74) is 4.41. The molecule has 0 unspecified atom stereocenters. The Morgan fingerprint density at radius 2 is 1.47 bits per heavy atom. The lowest BCUT2D eigenvalue weighted by Crippen LogP contribution is -2.32. The summed E-state index contributed by atoms with van der Waals surface area (Å²) in [6, 6.07) is 13.8. The lowest BCUT2D eigenvalue weighted by Gasteiger charge is -2.13. The Hall–Kier alpha value is -1.42. The van der Waals surface area contributed by atoms with Crippen LogP contribution < -0.4 is 5.19 Å². The van der Waals surface area contributed by atoms with E-state index in [2.05, 4.69) is 19.1 Å². The first-order valence-electron chi connectivity index (χ1n) is 5.63. The van der Waals surface area contributed by atoms with Gasteiger partial charge in [0.1, 0.15) is 0 Å². The van der Waals surface area contributed by atoms with Crippen molar-refractivity contribution < 1.29 is 9.59 Å². The van der Waals surface area contributed by atoms with Crippen LogP contribution in [0.25, 0.3) is 11.1 Å². The van der Waals surface area contributed by atoms with Crippen LogP contribution >= 0.6 is 0 Å². The van der Waals surface area contributed by atoms with Crippen LogP contribution in [0.15, 0.2) is 42.5 Å². The van der Waals surface area contributed by atoms with E-state index >= 15 is 0 Å². The first kappa shape index (κ1) is 12.0. The number of benzene rings is 2. The van der Waals surface area contributed by atoms with E-state index in [4.69, 9.17) is 0 Å². The predicted octanol–water partition coefficient (Wildman–Crippen LogP) is 1.38. The van der Waals surface area contributed by atoms with Crippen molar-refractivity contribution >= 4 is 14.5 Å². The molecular formula is C14H16O2Si. The number of aryl methyl sites for hydroxylation is 1. The highest BCUT2D eigenvalue weighted by Gasteiger charge is 2.13. The van der Waals surface area contributed by atoms with Crippen LogP contribution in [-0.2, 0) is 0 Å². The minimum absolute atomic E-state index is 0.700. The van der Waals surface area contributed by atoms with Crippen molar-refractivity contribution in [2.75, 3.05) is 0 Å². The van der Waals surface area contributed by atoms with E-state index in [1.165, 1.54) is 5.56 Å². The van der Waals surface area contributed by atoms with Gasteiger partial charge in [0.05, 0.1) is 0 Å². The molecule has 0 heterocycles. The molecule has 0 fully saturated rings. The smallest absolute Gasteiger partial charge is 0.350 e. The topological polar surface area (TPSA) is 40.5 Å². The zero-order valence-corrected chi connectivity index (χ0v) is 11.2. The molecule has 88 valence electrons. The standard InChI is InChI=1S/C14H16O2Si/c1-10-6-3-4-7-12(10)13-8-5-9-14(11(13)2)17(15)16/h3-9,15-17H,1-2H3. The van der Waals surface area contributed by atoms with Gasteiger partial charge in [0.25, 0.3) is 0 Å².